The largest absolute Gasteiger partial charge is 0.493 e. The molecule has 1 aromatic heterocycles. The average molecular weight is 308 g/mol. The topological polar surface area (TPSA) is 68.3 Å². The van der Waals surface area contributed by atoms with E-state index in [0.717, 1.165) is 11.6 Å². The number of pyridine rings is 1. The summed E-state index contributed by atoms with van der Waals surface area (Å²) in [6, 6.07) is 9.14. The number of nitrogens with zero attached hydrogens (tertiary/aromatic N) is 1. The van der Waals surface area contributed by atoms with E-state index in [2.05, 4.69) is 9.71 Å². The van der Waals surface area contributed by atoms with Crippen LogP contribution in [0.25, 0.3) is 0 Å². The van der Waals surface area contributed by atoms with Crippen LogP contribution in [-0.2, 0) is 10.0 Å². The van der Waals surface area contributed by atoms with Crippen molar-refractivity contribution >= 4 is 10.0 Å². The molecule has 7 heteroatoms. The molecule has 1 atom stereocenters. The molecule has 1 N–H and O–H groups in total. The monoisotopic (exact) mass is 308 g/mol. The number of hydrogen-bond donors (Lipinski definition) is 1. The lowest BCUT2D eigenvalue weighted by Gasteiger charge is -2.26. The number of benzene rings is 1. The van der Waals surface area contributed by atoms with Crippen LogP contribution in [0, 0.1) is 5.82 Å². The van der Waals surface area contributed by atoms with Gasteiger partial charge < -0.3 is 4.74 Å². The molecule has 2 heterocycles. The van der Waals surface area contributed by atoms with Gasteiger partial charge in [-0.25, -0.2) is 22.5 Å². The summed E-state index contributed by atoms with van der Waals surface area (Å²) in [4.78, 5) is 3.61. The lowest BCUT2D eigenvalue weighted by atomic mass is 10.0. The Kier molecular flexibility index (Phi) is 3.60. The molecule has 0 fully saturated rings. The molecule has 1 aliphatic heterocycles. The quantitative estimate of drug-likeness (QED) is 0.942. The van der Waals surface area contributed by atoms with Crippen molar-refractivity contribution in [2.75, 3.05) is 6.61 Å². The van der Waals surface area contributed by atoms with Crippen LogP contribution in [-0.4, -0.2) is 20.0 Å². The van der Waals surface area contributed by atoms with Crippen LogP contribution in [0.15, 0.2) is 47.6 Å². The van der Waals surface area contributed by atoms with Crippen LogP contribution in [0.2, 0.25) is 0 Å². The van der Waals surface area contributed by atoms with Crippen LogP contribution in [0.5, 0.6) is 5.75 Å². The van der Waals surface area contributed by atoms with E-state index >= 15 is 0 Å². The minimum Gasteiger partial charge on any atom is -0.493 e. The highest BCUT2D eigenvalue weighted by molar-refractivity contribution is 7.89. The van der Waals surface area contributed by atoms with E-state index in [-0.39, 0.29) is 0 Å². The summed E-state index contributed by atoms with van der Waals surface area (Å²) in [5.74, 6) is -0.233. The number of para-hydroxylation sites is 1. The number of hydrogen-bond acceptors (Lipinski definition) is 4. The van der Waals surface area contributed by atoms with Gasteiger partial charge in [-0.15, -0.1) is 0 Å². The standard InChI is InChI=1S/C14H13FN2O3S/c15-11-5-3-8-16-14(11)21(18,19)17-12-7-9-20-13-6-2-1-4-10(12)13/h1-6,8,12,17H,7,9H2. The fourth-order valence-corrected chi connectivity index (χ4v) is 3.53. The smallest absolute Gasteiger partial charge is 0.261 e. The molecule has 0 spiro atoms. The van der Waals surface area contributed by atoms with Gasteiger partial charge >= 0.3 is 0 Å². The summed E-state index contributed by atoms with van der Waals surface area (Å²) in [7, 11) is -4.02. The van der Waals surface area contributed by atoms with E-state index in [9.17, 15) is 12.8 Å². The molecule has 0 amide bonds. The third kappa shape index (κ3) is 2.74. The van der Waals surface area contributed by atoms with E-state index in [1.54, 1.807) is 18.2 Å². The summed E-state index contributed by atoms with van der Waals surface area (Å²) in [6.45, 7) is 0.398. The molecule has 1 unspecified atom stereocenters. The van der Waals surface area contributed by atoms with Gasteiger partial charge in [0, 0.05) is 18.2 Å². The van der Waals surface area contributed by atoms with Crippen LogP contribution in [0.1, 0.15) is 18.0 Å². The Balaban J connectivity index is 1.93. The summed E-state index contributed by atoms with van der Waals surface area (Å²) in [6.07, 6.45) is 1.72. The zero-order chi connectivity index (χ0) is 14.9. The maximum atomic E-state index is 13.6. The van der Waals surface area contributed by atoms with Crippen molar-refractivity contribution in [1.29, 1.82) is 0 Å². The number of rotatable bonds is 3. The Hall–Kier alpha value is -1.99. The van der Waals surface area contributed by atoms with Crippen molar-refractivity contribution in [3.8, 4) is 5.75 Å². The Morgan fingerprint density at radius 1 is 1.24 bits per heavy atom. The van der Waals surface area contributed by atoms with Gasteiger partial charge in [-0.2, -0.15) is 0 Å². The predicted molar refractivity (Wildman–Crippen MR) is 73.8 cm³/mol. The first-order valence-corrected chi connectivity index (χ1v) is 7.91. The minimum atomic E-state index is -4.02. The summed E-state index contributed by atoms with van der Waals surface area (Å²) in [5, 5.41) is -0.589. The second-order valence-corrected chi connectivity index (χ2v) is 6.27. The highest BCUT2D eigenvalue weighted by Gasteiger charge is 2.28. The Labute approximate surface area is 121 Å². The first kappa shape index (κ1) is 14.0. The molecular weight excluding hydrogens is 295 g/mol. The highest BCUT2D eigenvalue weighted by atomic mass is 32.2. The van der Waals surface area contributed by atoms with Crippen LogP contribution in [0.4, 0.5) is 4.39 Å². The molecule has 5 nitrogen and oxygen atoms in total. The number of nitrogens with one attached hydrogen (secondary N) is 1. The molecule has 0 bridgehead atoms. The van der Waals surface area contributed by atoms with Gasteiger partial charge in [0.05, 0.1) is 12.6 Å². The molecule has 0 saturated heterocycles. The molecule has 0 aliphatic carbocycles. The number of halogens is 1. The maximum Gasteiger partial charge on any atom is 0.261 e. The second-order valence-electron chi connectivity index (χ2n) is 4.64. The molecular formula is C14H13FN2O3S. The SMILES string of the molecule is O=S(=O)(NC1CCOc2ccccc21)c1ncccc1F. The summed E-state index contributed by atoms with van der Waals surface area (Å²) >= 11 is 0. The maximum absolute atomic E-state index is 13.6. The predicted octanol–water partition coefficient (Wildman–Crippen LogP) is 2.02. The van der Waals surface area contributed by atoms with Gasteiger partial charge in [-0.3, -0.25) is 0 Å². The van der Waals surface area contributed by atoms with Gasteiger partial charge in [-0.1, -0.05) is 18.2 Å². The van der Waals surface area contributed by atoms with Gasteiger partial charge in [0.2, 0.25) is 5.03 Å². The van der Waals surface area contributed by atoms with E-state index in [4.69, 9.17) is 4.74 Å². The van der Waals surface area contributed by atoms with E-state index in [1.807, 2.05) is 6.07 Å². The average Bonchev–Trinajstić information content (AvgIpc) is 2.47. The molecule has 0 saturated carbocycles. The fourth-order valence-electron chi connectivity index (χ4n) is 2.28. The van der Waals surface area contributed by atoms with Gasteiger partial charge in [0.15, 0.2) is 5.82 Å². The second kappa shape index (κ2) is 5.42. The third-order valence-electron chi connectivity index (χ3n) is 3.24. The number of sulfonamides is 1. The van der Waals surface area contributed by atoms with Crippen molar-refractivity contribution in [2.24, 2.45) is 0 Å². The van der Waals surface area contributed by atoms with Crippen molar-refractivity contribution in [2.45, 2.75) is 17.5 Å². The van der Waals surface area contributed by atoms with Crippen LogP contribution >= 0.6 is 0 Å². The van der Waals surface area contributed by atoms with E-state index in [0.29, 0.717) is 18.8 Å². The molecule has 21 heavy (non-hydrogen) atoms. The summed E-state index contributed by atoms with van der Waals surface area (Å²) < 4.78 is 46.2. The first-order chi connectivity index (χ1) is 10.1. The van der Waals surface area contributed by atoms with Crippen LogP contribution in [0.3, 0.4) is 0 Å². The number of aromatic nitrogens is 1. The molecule has 2 aromatic rings. The Morgan fingerprint density at radius 2 is 2.05 bits per heavy atom. The molecule has 3 rings (SSSR count). The van der Waals surface area contributed by atoms with E-state index < -0.39 is 26.9 Å². The van der Waals surface area contributed by atoms with Crippen molar-refractivity contribution in [3.63, 3.8) is 0 Å². The Bertz CT molecular complexity index is 764. The lowest BCUT2D eigenvalue weighted by molar-refractivity contribution is 0.263. The Morgan fingerprint density at radius 3 is 2.86 bits per heavy atom. The molecule has 110 valence electrons. The van der Waals surface area contributed by atoms with E-state index in [1.165, 1.54) is 12.3 Å². The van der Waals surface area contributed by atoms with Crippen molar-refractivity contribution in [1.82, 2.24) is 9.71 Å². The van der Waals surface area contributed by atoms with Gasteiger partial charge in [-0.05, 0) is 18.2 Å². The number of ether oxygens (including phenoxy) is 1. The normalized spacial score (nSPS) is 17.9. The van der Waals surface area contributed by atoms with Gasteiger partial charge in [0.1, 0.15) is 5.75 Å². The highest BCUT2D eigenvalue weighted by Crippen LogP contribution is 2.32. The van der Waals surface area contributed by atoms with Crippen LogP contribution < -0.4 is 9.46 Å². The molecule has 0 radical (unpaired) electrons. The fraction of sp³-hybridized carbons (Fsp3) is 0.214. The first-order valence-electron chi connectivity index (χ1n) is 6.42. The van der Waals surface area contributed by atoms with Crippen molar-refractivity contribution < 1.29 is 17.5 Å². The zero-order valence-corrected chi connectivity index (χ0v) is 11.8. The van der Waals surface area contributed by atoms with Crippen molar-refractivity contribution in [3.05, 3.63) is 54.0 Å². The lowest BCUT2D eigenvalue weighted by Crippen LogP contribution is -2.33. The number of fused-ring (bicyclic) bond motifs is 1. The van der Waals surface area contributed by atoms with Gasteiger partial charge in [0.25, 0.3) is 10.0 Å². The minimum absolute atomic E-state index is 0.398. The molecule has 1 aromatic carbocycles. The third-order valence-corrected chi connectivity index (χ3v) is 4.64. The zero-order valence-electron chi connectivity index (χ0n) is 11.0. The summed E-state index contributed by atoms with van der Waals surface area (Å²) in [5.41, 5.74) is 0.740. The molecule has 1 aliphatic rings.